The van der Waals surface area contributed by atoms with Crippen molar-refractivity contribution in [2.45, 2.75) is 32.7 Å². The van der Waals surface area contributed by atoms with Crippen molar-refractivity contribution in [3.05, 3.63) is 29.8 Å². The number of aliphatic hydroxyl groups is 1. The van der Waals surface area contributed by atoms with Crippen LogP contribution in [-0.2, 0) is 0 Å². The highest BCUT2D eigenvalue weighted by atomic mass is 16.3. The van der Waals surface area contributed by atoms with Gasteiger partial charge in [0.25, 0.3) is 0 Å². The van der Waals surface area contributed by atoms with Crippen molar-refractivity contribution in [1.29, 1.82) is 0 Å². The molecule has 2 N–H and O–H groups in total. The number of piperidine rings is 1. The van der Waals surface area contributed by atoms with Crippen molar-refractivity contribution in [3.63, 3.8) is 0 Å². The number of anilines is 1. The summed E-state index contributed by atoms with van der Waals surface area (Å²) in [6, 6.07) is 9.24. The molecule has 1 aliphatic rings. The van der Waals surface area contributed by atoms with Crippen LogP contribution in [0.15, 0.2) is 24.3 Å². The van der Waals surface area contributed by atoms with Crippen LogP contribution >= 0.6 is 0 Å². The van der Waals surface area contributed by atoms with Crippen molar-refractivity contribution in [2.75, 3.05) is 31.1 Å². The maximum atomic E-state index is 8.96. The lowest BCUT2D eigenvalue weighted by Gasteiger charge is -2.39. The van der Waals surface area contributed by atoms with E-state index in [1.165, 1.54) is 24.1 Å². The van der Waals surface area contributed by atoms with E-state index in [9.17, 15) is 0 Å². The SMILES string of the molecule is CCC1CC(NCCO)CN(c2cccc(C)c2)C1. The van der Waals surface area contributed by atoms with Crippen LogP contribution in [0.2, 0.25) is 0 Å². The molecule has 0 bridgehead atoms. The Morgan fingerprint density at radius 1 is 1.37 bits per heavy atom. The summed E-state index contributed by atoms with van der Waals surface area (Å²) in [5.74, 6) is 0.741. The number of nitrogens with zero attached hydrogens (tertiary/aromatic N) is 1. The monoisotopic (exact) mass is 262 g/mol. The largest absolute Gasteiger partial charge is 0.395 e. The van der Waals surface area contributed by atoms with Crippen LogP contribution in [0.5, 0.6) is 0 Å². The van der Waals surface area contributed by atoms with Crippen LogP contribution in [0.1, 0.15) is 25.3 Å². The first kappa shape index (κ1) is 14.4. The third kappa shape index (κ3) is 3.95. The molecule has 19 heavy (non-hydrogen) atoms. The van der Waals surface area contributed by atoms with Gasteiger partial charge in [-0.1, -0.05) is 25.5 Å². The zero-order valence-corrected chi connectivity index (χ0v) is 12.1. The lowest BCUT2D eigenvalue weighted by Crippen LogP contribution is -2.49. The molecule has 1 aromatic carbocycles. The fourth-order valence-corrected chi connectivity index (χ4v) is 2.95. The average Bonchev–Trinajstić information content (AvgIpc) is 2.44. The molecule has 1 fully saturated rings. The minimum atomic E-state index is 0.220. The van der Waals surface area contributed by atoms with E-state index in [1.54, 1.807) is 0 Å². The molecule has 2 unspecified atom stereocenters. The second-order valence-electron chi connectivity index (χ2n) is 5.63. The molecule has 1 aromatic rings. The highest BCUT2D eigenvalue weighted by Crippen LogP contribution is 2.25. The number of hydrogen-bond donors (Lipinski definition) is 2. The smallest absolute Gasteiger partial charge is 0.0556 e. The summed E-state index contributed by atoms with van der Waals surface area (Å²) in [5, 5.41) is 12.4. The fraction of sp³-hybridized carbons (Fsp3) is 0.625. The summed E-state index contributed by atoms with van der Waals surface area (Å²) in [6.07, 6.45) is 2.44. The molecule has 3 nitrogen and oxygen atoms in total. The number of aliphatic hydroxyl groups excluding tert-OH is 1. The molecule has 3 heteroatoms. The third-order valence-corrected chi connectivity index (χ3v) is 4.03. The molecule has 106 valence electrons. The summed E-state index contributed by atoms with van der Waals surface area (Å²) in [7, 11) is 0. The van der Waals surface area contributed by atoms with E-state index in [4.69, 9.17) is 5.11 Å². The molecule has 1 aliphatic heterocycles. The molecule has 1 saturated heterocycles. The van der Waals surface area contributed by atoms with E-state index in [2.05, 4.69) is 48.3 Å². The second-order valence-corrected chi connectivity index (χ2v) is 5.63. The normalized spacial score (nSPS) is 23.6. The van der Waals surface area contributed by atoms with Crippen molar-refractivity contribution >= 4 is 5.69 Å². The van der Waals surface area contributed by atoms with Crippen LogP contribution in [0.4, 0.5) is 5.69 Å². The molecule has 1 heterocycles. The Kier molecular flexibility index (Phi) is 5.23. The highest BCUT2D eigenvalue weighted by molar-refractivity contribution is 5.49. The first-order valence-corrected chi connectivity index (χ1v) is 7.38. The van der Waals surface area contributed by atoms with Gasteiger partial charge in [0.2, 0.25) is 0 Å². The molecule has 0 spiro atoms. The highest BCUT2D eigenvalue weighted by Gasteiger charge is 2.25. The zero-order valence-electron chi connectivity index (χ0n) is 12.1. The Balaban J connectivity index is 2.06. The third-order valence-electron chi connectivity index (χ3n) is 4.03. The Morgan fingerprint density at radius 3 is 2.89 bits per heavy atom. The molecule has 0 saturated carbocycles. The van der Waals surface area contributed by atoms with Gasteiger partial charge in [-0.15, -0.1) is 0 Å². The van der Waals surface area contributed by atoms with Crippen molar-refractivity contribution in [1.82, 2.24) is 5.32 Å². The summed E-state index contributed by atoms with van der Waals surface area (Å²) in [5.41, 5.74) is 2.64. The first-order chi connectivity index (χ1) is 9.22. The van der Waals surface area contributed by atoms with Crippen molar-refractivity contribution in [3.8, 4) is 0 Å². The van der Waals surface area contributed by atoms with Crippen LogP contribution < -0.4 is 10.2 Å². The lowest BCUT2D eigenvalue weighted by molar-refractivity contribution is 0.265. The van der Waals surface area contributed by atoms with Gasteiger partial charge in [0.15, 0.2) is 0 Å². The van der Waals surface area contributed by atoms with Crippen molar-refractivity contribution in [2.24, 2.45) is 5.92 Å². The predicted octanol–water partition coefficient (Wildman–Crippen LogP) is 2.18. The van der Waals surface area contributed by atoms with Gasteiger partial charge >= 0.3 is 0 Å². The Hall–Kier alpha value is -1.06. The molecule has 0 aromatic heterocycles. The van der Waals surface area contributed by atoms with Crippen LogP contribution in [0.3, 0.4) is 0 Å². The molecule has 0 amide bonds. The maximum absolute atomic E-state index is 8.96. The van der Waals surface area contributed by atoms with E-state index < -0.39 is 0 Å². The fourth-order valence-electron chi connectivity index (χ4n) is 2.95. The quantitative estimate of drug-likeness (QED) is 0.854. The minimum Gasteiger partial charge on any atom is -0.395 e. The van der Waals surface area contributed by atoms with Gasteiger partial charge in [0, 0.05) is 31.4 Å². The summed E-state index contributed by atoms with van der Waals surface area (Å²) < 4.78 is 0. The number of nitrogens with one attached hydrogen (secondary N) is 1. The van der Waals surface area contributed by atoms with E-state index in [-0.39, 0.29) is 6.61 Å². The molecule has 2 rings (SSSR count). The van der Waals surface area contributed by atoms with Gasteiger partial charge in [0.05, 0.1) is 6.61 Å². The van der Waals surface area contributed by atoms with Crippen LogP contribution in [0.25, 0.3) is 0 Å². The van der Waals surface area contributed by atoms with Gasteiger partial charge in [-0.2, -0.15) is 0 Å². The van der Waals surface area contributed by atoms with Gasteiger partial charge in [0.1, 0.15) is 0 Å². The molecule has 2 atom stereocenters. The Bertz CT molecular complexity index is 394. The van der Waals surface area contributed by atoms with E-state index in [1.807, 2.05) is 0 Å². The zero-order chi connectivity index (χ0) is 13.7. The first-order valence-electron chi connectivity index (χ1n) is 7.38. The number of hydrogen-bond acceptors (Lipinski definition) is 3. The summed E-state index contributed by atoms with van der Waals surface area (Å²) in [4.78, 5) is 2.49. The van der Waals surface area contributed by atoms with Crippen molar-refractivity contribution < 1.29 is 5.11 Å². The van der Waals surface area contributed by atoms with Gasteiger partial charge in [-0.25, -0.2) is 0 Å². The maximum Gasteiger partial charge on any atom is 0.0556 e. The van der Waals surface area contributed by atoms with E-state index in [0.717, 1.165) is 19.0 Å². The van der Waals surface area contributed by atoms with Crippen LogP contribution in [-0.4, -0.2) is 37.4 Å². The van der Waals surface area contributed by atoms with Gasteiger partial charge in [-0.3, -0.25) is 0 Å². The number of rotatable bonds is 5. The Labute approximate surface area is 116 Å². The standard InChI is InChI=1S/C16H26N2O/c1-3-14-10-15(17-7-8-19)12-18(11-14)16-6-4-5-13(2)9-16/h4-6,9,14-15,17,19H,3,7-8,10-12H2,1-2H3. The van der Waals surface area contributed by atoms with Gasteiger partial charge < -0.3 is 15.3 Å². The predicted molar refractivity (Wildman–Crippen MR) is 80.7 cm³/mol. The van der Waals surface area contributed by atoms with Gasteiger partial charge in [-0.05, 0) is 37.0 Å². The molecular weight excluding hydrogens is 236 g/mol. The van der Waals surface area contributed by atoms with E-state index in [0.29, 0.717) is 12.6 Å². The molecular formula is C16H26N2O. The summed E-state index contributed by atoms with van der Waals surface area (Å²) in [6.45, 7) is 7.53. The van der Waals surface area contributed by atoms with Crippen LogP contribution in [0, 0.1) is 12.8 Å². The van der Waals surface area contributed by atoms with E-state index >= 15 is 0 Å². The molecule has 0 aliphatic carbocycles. The average molecular weight is 262 g/mol. The summed E-state index contributed by atoms with van der Waals surface area (Å²) >= 11 is 0. The lowest BCUT2D eigenvalue weighted by atomic mass is 9.91. The molecule has 0 radical (unpaired) electrons. The Morgan fingerprint density at radius 2 is 2.21 bits per heavy atom. The topological polar surface area (TPSA) is 35.5 Å². The second kappa shape index (κ2) is 6.92. The minimum absolute atomic E-state index is 0.220. The number of aryl methyl sites for hydroxylation is 1. The number of benzene rings is 1.